The zero-order valence-corrected chi connectivity index (χ0v) is 5.43. The molecule has 0 spiro atoms. The average Bonchev–Trinajstić information content (AvgIpc) is 1.63. The molecule has 0 aliphatic carbocycles. The van der Waals surface area contributed by atoms with Crippen LogP contribution in [-0.4, -0.2) is 11.9 Å². The summed E-state index contributed by atoms with van der Waals surface area (Å²) in [5, 5.41) is 0. The van der Waals surface area contributed by atoms with E-state index >= 15 is 0 Å². The number of rotatable bonds is 2. The number of hydrogen-bond donors (Lipinski definition) is 0. The molecule has 53 valence electrons. The van der Waals surface area contributed by atoms with Gasteiger partial charge in [0.05, 0.1) is 0 Å². The highest BCUT2D eigenvalue weighted by Crippen LogP contribution is 2.16. The summed E-state index contributed by atoms with van der Waals surface area (Å²) >= 11 is 1.11. The molecule has 0 saturated heterocycles. The lowest BCUT2D eigenvalue weighted by molar-refractivity contribution is -0.0799. The summed E-state index contributed by atoms with van der Waals surface area (Å²) in [6.45, 7) is 0. The number of alkyl halides is 3. The molecule has 1 radical (unpaired) electrons. The molecule has 9 heavy (non-hydrogen) atoms. The van der Waals surface area contributed by atoms with Crippen molar-refractivity contribution in [3.05, 3.63) is 18.4 Å². The third-order valence-corrected chi connectivity index (χ3v) is 0.949. The van der Waals surface area contributed by atoms with Crippen molar-refractivity contribution < 1.29 is 13.2 Å². The zero-order chi connectivity index (χ0) is 7.33. The zero-order valence-electron chi connectivity index (χ0n) is 4.61. The maximum absolute atomic E-state index is 11.3. The molecule has 0 aromatic carbocycles. The third-order valence-electron chi connectivity index (χ3n) is 0.521. The molecular formula is C5H6F3S. The fraction of sp³-hybridized carbons (Fsp3) is 0.400. The minimum atomic E-state index is -4.17. The van der Waals surface area contributed by atoms with E-state index in [1.165, 1.54) is 0 Å². The Kier molecular flexibility index (Phi) is 3.77. The van der Waals surface area contributed by atoms with Gasteiger partial charge in [0.2, 0.25) is 0 Å². The van der Waals surface area contributed by atoms with Gasteiger partial charge in [-0.2, -0.15) is 24.9 Å². The molecule has 0 fully saturated rings. The standard InChI is InChI=1S/C5H6F3S/c1-9-4-2-3-5(6,7)8/h2-3H,1,4H2. The highest BCUT2D eigenvalue weighted by atomic mass is 32.2. The van der Waals surface area contributed by atoms with E-state index in [-0.39, 0.29) is 6.08 Å². The first-order chi connectivity index (χ1) is 4.06. The first kappa shape index (κ1) is 8.88. The fourth-order valence-electron chi connectivity index (χ4n) is 0.250. The summed E-state index contributed by atoms with van der Waals surface area (Å²) in [4.78, 5) is 0. The van der Waals surface area contributed by atoms with Crippen molar-refractivity contribution in [2.45, 2.75) is 6.18 Å². The van der Waals surface area contributed by atoms with E-state index in [0.717, 1.165) is 17.8 Å². The largest absolute Gasteiger partial charge is 0.409 e. The van der Waals surface area contributed by atoms with Crippen LogP contribution in [-0.2, 0) is 0 Å². The summed E-state index contributed by atoms with van der Waals surface area (Å²) in [7, 11) is 0. The molecule has 0 nitrogen and oxygen atoms in total. The van der Waals surface area contributed by atoms with E-state index in [4.69, 9.17) is 0 Å². The van der Waals surface area contributed by atoms with Crippen molar-refractivity contribution in [1.82, 2.24) is 0 Å². The van der Waals surface area contributed by atoms with Crippen molar-refractivity contribution in [3.8, 4) is 0 Å². The van der Waals surface area contributed by atoms with Gasteiger partial charge in [-0.3, -0.25) is 0 Å². The van der Waals surface area contributed by atoms with Crippen molar-refractivity contribution in [3.63, 3.8) is 0 Å². The molecule has 0 heterocycles. The van der Waals surface area contributed by atoms with Crippen LogP contribution in [0.3, 0.4) is 0 Å². The molecule has 0 aromatic heterocycles. The minimum Gasteiger partial charge on any atom is -0.167 e. The summed E-state index contributed by atoms with van der Waals surface area (Å²) in [6, 6.07) is 0. The van der Waals surface area contributed by atoms with E-state index < -0.39 is 6.18 Å². The van der Waals surface area contributed by atoms with Crippen LogP contribution in [0.2, 0.25) is 0 Å². The molecule has 0 aromatic rings. The monoisotopic (exact) mass is 155 g/mol. The van der Waals surface area contributed by atoms with E-state index in [2.05, 4.69) is 6.26 Å². The number of hydrogen-bond acceptors (Lipinski definition) is 1. The molecule has 0 aliphatic rings. The Balaban J connectivity index is 3.45. The maximum atomic E-state index is 11.3. The predicted molar refractivity (Wildman–Crippen MR) is 33.0 cm³/mol. The second-order valence-electron chi connectivity index (χ2n) is 1.31. The van der Waals surface area contributed by atoms with Crippen LogP contribution in [0.15, 0.2) is 12.2 Å². The molecule has 4 heteroatoms. The SMILES string of the molecule is [CH2]SCC=CC(F)(F)F. The van der Waals surface area contributed by atoms with Crippen LogP contribution in [0, 0.1) is 6.26 Å². The lowest BCUT2D eigenvalue weighted by atomic mass is 10.5. The van der Waals surface area contributed by atoms with Gasteiger partial charge in [0.1, 0.15) is 0 Å². The first-order valence-electron chi connectivity index (χ1n) is 2.17. The van der Waals surface area contributed by atoms with Gasteiger partial charge in [0.15, 0.2) is 0 Å². The Hall–Kier alpha value is -0.120. The van der Waals surface area contributed by atoms with Crippen molar-refractivity contribution in [2.75, 3.05) is 5.75 Å². The van der Waals surface area contributed by atoms with Gasteiger partial charge in [0.25, 0.3) is 0 Å². The van der Waals surface area contributed by atoms with Crippen molar-refractivity contribution in [1.29, 1.82) is 0 Å². The Bertz CT molecular complexity index is 94.9. The van der Waals surface area contributed by atoms with Crippen LogP contribution in [0.25, 0.3) is 0 Å². The molecule has 0 atom stereocenters. The van der Waals surface area contributed by atoms with Gasteiger partial charge >= 0.3 is 6.18 Å². The summed E-state index contributed by atoms with van der Waals surface area (Å²) in [6.07, 6.45) is 0.385. The van der Waals surface area contributed by atoms with Crippen LogP contribution >= 0.6 is 11.8 Å². The Morgan fingerprint density at radius 1 is 1.44 bits per heavy atom. The Morgan fingerprint density at radius 3 is 2.33 bits per heavy atom. The smallest absolute Gasteiger partial charge is 0.167 e. The van der Waals surface area contributed by atoms with Crippen molar-refractivity contribution >= 4 is 11.8 Å². The van der Waals surface area contributed by atoms with Gasteiger partial charge in [0, 0.05) is 18.1 Å². The van der Waals surface area contributed by atoms with Gasteiger partial charge in [-0.05, 0) is 0 Å². The van der Waals surface area contributed by atoms with Crippen molar-refractivity contribution in [2.24, 2.45) is 0 Å². The van der Waals surface area contributed by atoms with Gasteiger partial charge in [-0.1, -0.05) is 6.08 Å². The molecule has 0 amide bonds. The topological polar surface area (TPSA) is 0 Å². The summed E-state index contributed by atoms with van der Waals surface area (Å²) in [5.74, 6) is 0.305. The molecular weight excluding hydrogens is 149 g/mol. The van der Waals surface area contributed by atoms with Gasteiger partial charge in [-0.25, -0.2) is 0 Å². The second kappa shape index (κ2) is 3.82. The molecule has 0 aliphatic heterocycles. The number of thioether (sulfide) groups is 1. The average molecular weight is 155 g/mol. The third kappa shape index (κ3) is 7.88. The fourth-order valence-corrected chi connectivity index (χ4v) is 0.482. The van der Waals surface area contributed by atoms with E-state index in [1.807, 2.05) is 0 Å². The van der Waals surface area contributed by atoms with Gasteiger partial charge in [-0.15, -0.1) is 0 Å². The van der Waals surface area contributed by atoms with Crippen LogP contribution in [0.1, 0.15) is 0 Å². The maximum Gasteiger partial charge on any atom is 0.409 e. The van der Waals surface area contributed by atoms with E-state index in [1.54, 1.807) is 0 Å². The molecule has 0 rings (SSSR count). The Labute approximate surface area is 56.1 Å². The molecule has 0 saturated carbocycles. The highest BCUT2D eigenvalue weighted by Gasteiger charge is 2.21. The summed E-state index contributed by atoms with van der Waals surface area (Å²) < 4.78 is 33.8. The minimum absolute atomic E-state index is 0.213. The first-order valence-corrected chi connectivity index (χ1v) is 3.33. The lowest BCUT2D eigenvalue weighted by Crippen LogP contribution is -2.00. The molecule has 0 unspecified atom stereocenters. The predicted octanol–water partition coefficient (Wildman–Crippen LogP) is 2.63. The summed E-state index contributed by atoms with van der Waals surface area (Å²) in [5.41, 5.74) is 0. The van der Waals surface area contributed by atoms with Crippen LogP contribution in [0.5, 0.6) is 0 Å². The second-order valence-corrected chi connectivity index (χ2v) is 2.06. The Morgan fingerprint density at radius 2 is 2.00 bits per heavy atom. The van der Waals surface area contributed by atoms with E-state index in [0.29, 0.717) is 5.75 Å². The van der Waals surface area contributed by atoms with E-state index in [9.17, 15) is 13.2 Å². The lowest BCUT2D eigenvalue weighted by Gasteiger charge is -1.95. The van der Waals surface area contributed by atoms with Crippen LogP contribution in [0.4, 0.5) is 13.2 Å². The number of halogens is 3. The van der Waals surface area contributed by atoms with Gasteiger partial charge < -0.3 is 0 Å². The van der Waals surface area contributed by atoms with Crippen LogP contribution < -0.4 is 0 Å². The normalized spacial score (nSPS) is 12.9. The molecule has 0 bridgehead atoms. The quantitative estimate of drug-likeness (QED) is 0.552. The highest BCUT2D eigenvalue weighted by molar-refractivity contribution is 8.00. The molecule has 0 N–H and O–H groups in total. The number of allylic oxidation sites excluding steroid dienone is 1.